The second kappa shape index (κ2) is 8.97. The Balaban J connectivity index is 1.62. The molecule has 2 N–H and O–H groups in total. The van der Waals surface area contributed by atoms with Crippen LogP contribution in [0.15, 0.2) is 48.5 Å². The predicted octanol–water partition coefficient (Wildman–Crippen LogP) is 3.99. The van der Waals surface area contributed by atoms with Crippen LogP contribution in [0.25, 0.3) is 0 Å². The molecule has 0 spiro atoms. The van der Waals surface area contributed by atoms with Crippen LogP contribution in [0.4, 0.5) is 5.69 Å². The molecule has 1 aliphatic heterocycles. The Morgan fingerprint density at radius 2 is 1.79 bits per heavy atom. The minimum atomic E-state index is -0.259. The van der Waals surface area contributed by atoms with Crippen LogP contribution in [0, 0.1) is 12.8 Å². The first kappa shape index (κ1) is 20.0. The molecule has 2 amide bonds. The van der Waals surface area contributed by atoms with E-state index >= 15 is 0 Å². The highest BCUT2D eigenvalue weighted by atomic mass is 32.1. The van der Waals surface area contributed by atoms with E-state index in [2.05, 4.69) is 17.6 Å². The Bertz CT molecular complexity index is 889. The molecule has 1 fully saturated rings. The fourth-order valence-electron chi connectivity index (χ4n) is 3.28. The zero-order chi connectivity index (χ0) is 20.1. The Kier molecular flexibility index (Phi) is 6.41. The number of hydrogen-bond donors (Lipinski definition) is 2. The molecule has 0 aromatic heterocycles. The zero-order valence-electron chi connectivity index (χ0n) is 16.2. The van der Waals surface area contributed by atoms with Gasteiger partial charge >= 0.3 is 0 Å². The van der Waals surface area contributed by atoms with E-state index in [1.54, 1.807) is 18.2 Å². The predicted molar refractivity (Wildman–Crippen MR) is 116 cm³/mol. The van der Waals surface area contributed by atoms with Gasteiger partial charge in [0.05, 0.1) is 0 Å². The Hall–Kier alpha value is -2.73. The molecule has 146 valence electrons. The molecule has 0 atom stereocenters. The summed E-state index contributed by atoms with van der Waals surface area (Å²) in [4.78, 5) is 27.0. The number of nitrogens with one attached hydrogen (secondary N) is 2. The highest BCUT2D eigenvalue weighted by Gasteiger charge is 2.21. The van der Waals surface area contributed by atoms with Gasteiger partial charge in [0.1, 0.15) is 0 Å². The number of aryl methyl sites for hydroxylation is 1. The summed E-state index contributed by atoms with van der Waals surface area (Å²) in [6, 6.07) is 14.5. The number of likely N-dealkylation sites (tertiary alicyclic amines) is 1. The molecule has 5 nitrogen and oxygen atoms in total. The van der Waals surface area contributed by atoms with Gasteiger partial charge in [0.25, 0.3) is 11.8 Å². The number of hydrogen-bond acceptors (Lipinski definition) is 3. The fraction of sp³-hybridized carbons (Fsp3) is 0.318. The van der Waals surface area contributed by atoms with Crippen molar-refractivity contribution in [3.05, 3.63) is 65.2 Å². The number of anilines is 1. The van der Waals surface area contributed by atoms with Gasteiger partial charge in [-0.1, -0.05) is 31.2 Å². The van der Waals surface area contributed by atoms with Crippen LogP contribution in [0.3, 0.4) is 0 Å². The van der Waals surface area contributed by atoms with Crippen LogP contribution in [0.2, 0.25) is 0 Å². The molecule has 28 heavy (non-hydrogen) atoms. The van der Waals surface area contributed by atoms with E-state index in [9.17, 15) is 9.59 Å². The molecule has 0 aliphatic carbocycles. The number of carbonyl (C=O) groups excluding carboxylic acids is 2. The van der Waals surface area contributed by atoms with Gasteiger partial charge in [-0.05, 0) is 67.7 Å². The summed E-state index contributed by atoms with van der Waals surface area (Å²) in [5.74, 6) is 0.446. The van der Waals surface area contributed by atoms with Gasteiger partial charge in [-0.2, -0.15) is 0 Å². The standard InChI is InChI=1S/C22H25N3O2S/c1-15-10-12-25(13-11-15)21(27)17-7-5-8-18(14-17)23-22(28)24-20(26)19-9-4-3-6-16(19)2/h3-9,14-15H,10-13H2,1-2H3,(H2,23,24,26,28). The summed E-state index contributed by atoms with van der Waals surface area (Å²) in [5, 5.41) is 5.88. The molecule has 1 heterocycles. The summed E-state index contributed by atoms with van der Waals surface area (Å²) in [6.45, 7) is 5.69. The van der Waals surface area contributed by atoms with Crippen LogP contribution in [0.5, 0.6) is 0 Å². The topological polar surface area (TPSA) is 61.4 Å². The van der Waals surface area contributed by atoms with Crippen molar-refractivity contribution in [1.29, 1.82) is 0 Å². The SMILES string of the molecule is Cc1ccccc1C(=O)NC(=S)Nc1cccc(C(=O)N2CCC(C)CC2)c1. The second-order valence-corrected chi connectivity index (χ2v) is 7.69. The first-order chi connectivity index (χ1) is 13.4. The second-order valence-electron chi connectivity index (χ2n) is 7.28. The monoisotopic (exact) mass is 395 g/mol. The molecule has 2 aromatic carbocycles. The van der Waals surface area contributed by atoms with E-state index < -0.39 is 0 Å². The Morgan fingerprint density at radius 1 is 1.07 bits per heavy atom. The highest BCUT2D eigenvalue weighted by molar-refractivity contribution is 7.80. The van der Waals surface area contributed by atoms with E-state index in [-0.39, 0.29) is 16.9 Å². The number of carbonyl (C=O) groups is 2. The maximum Gasteiger partial charge on any atom is 0.257 e. The third-order valence-corrected chi connectivity index (χ3v) is 5.26. The average molecular weight is 396 g/mol. The summed E-state index contributed by atoms with van der Waals surface area (Å²) in [6.07, 6.45) is 2.08. The molecule has 6 heteroatoms. The van der Waals surface area contributed by atoms with E-state index in [4.69, 9.17) is 12.2 Å². The number of amides is 2. The number of nitrogens with zero attached hydrogens (tertiary/aromatic N) is 1. The van der Waals surface area contributed by atoms with Gasteiger partial charge in [0.2, 0.25) is 0 Å². The Morgan fingerprint density at radius 3 is 2.50 bits per heavy atom. The maximum atomic E-state index is 12.7. The maximum absolute atomic E-state index is 12.7. The van der Waals surface area contributed by atoms with Crippen molar-refractivity contribution >= 4 is 34.8 Å². The third kappa shape index (κ3) is 4.95. The lowest BCUT2D eigenvalue weighted by atomic mass is 9.98. The van der Waals surface area contributed by atoms with Crippen molar-refractivity contribution in [1.82, 2.24) is 10.2 Å². The summed E-state index contributed by atoms with van der Waals surface area (Å²) < 4.78 is 0. The molecule has 0 saturated carbocycles. The zero-order valence-corrected chi connectivity index (χ0v) is 17.0. The van der Waals surface area contributed by atoms with Crippen molar-refractivity contribution in [2.24, 2.45) is 5.92 Å². The fourth-order valence-corrected chi connectivity index (χ4v) is 3.50. The normalized spacial score (nSPS) is 14.4. The minimum absolute atomic E-state index is 0.0328. The minimum Gasteiger partial charge on any atom is -0.339 e. The number of piperidine rings is 1. The molecular weight excluding hydrogens is 370 g/mol. The number of thiocarbonyl (C=S) groups is 1. The molecule has 0 radical (unpaired) electrons. The molecule has 0 bridgehead atoms. The van der Waals surface area contributed by atoms with Crippen molar-refractivity contribution < 1.29 is 9.59 Å². The van der Waals surface area contributed by atoms with E-state index in [1.165, 1.54) is 0 Å². The van der Waals surface area contributed by atoms with Crippen molar-refractivity contribution in [2.45, 2.75) is 26.7 Å². The highest BCUT2D eigenvalue weighted by Crippen LogP contribution is 2.19. The average Bonchev–Trinajstić information content (AvgIpc) is 2.68. The van der Waals surface area contributed by atoms with Crippen LogP contribution in [-0.4, -0.2) is 34.9 Å². The van der Waals surface area contributed by atoms with Crippen LogP contribution < -0.4 is 10.6 Å². The largest absolute Gasteiger partial charge is 0.339 e. The van der Waals surface area contributed by atoms with Crippen LogP contribution in [-0.2, 0) is 0 Å². The van der Waals surface area contributed by atoms with Crippen molar-refractivity contribution in [2.75, 3.05) is 18.4 Å². The van der Waals surface area contributed by atoms with Gasteiger partial charge in [0.15, 0.2) is 5.11 Å². The van der Waals surface area contributed by atoms with Crippen LogP contribution >= 0.6 is 12.2 Å². The van der Waals surface area contributed by atoms with E-state index in [0.717, 1.165) is 31.5 Å². The summed E-state index contributed by atoms with van der Waals surface area (Å²) in [7, 11) is 0. The molecule has 0 unspecified atom stereocenters. The van der Waals surface area contributed by atoms with Crippen molar-refractivity contribution in [3.8, 4) is 0 Å². The quantitative estimate of drug-likeness (QED) is 0.772. The molecule has 1 saturated heterocycles. The van der Waals surface area contributed by atoms with Gasteiger partial charge < -0.3 is 10.2 Å². The van der Waals surface area contributed by atoms with Gasteiger partial charge in [0, 0.05) is 29.9 Å². The van der Waals surface area contributed by atoms with E-state index in [0.29, 0.717) is 22.7 Å². The van der Waals surface area contributed by atoms with Crippen molar-refractivity contribution in [3.63, 3.8) is 0 Å². The number of rotatable bonds is 3. The van der Waals surface area contributed by atoms with Gasteiger partial charge in [-0.15, -0.1) is 0 Å². The first-order valence-electron chi connectivity index (χ1n) is 9.51. The van der Waals surface area contributed by atoms with Gasteiger partial charge in [-0.3, -0.25) is 14.9 Å². The van der Waals surface area contributed by atoms with E-state index in [1.807, 2.05) is 42.2 Å². The molecule has 3 rings (SSSR count). The lowest BCUT2D eigenvalue weighted by molar-refractivity contribution is 0.0697. The smallest absolute Gasteiger partial charge is 0.257 e. The van der Waals surface area contributed by atoms with Crippen LogP contribution in [0.1, 0.15) is 46.0 Å². The Labute approximate surface area is 171 Å². The first-order valence-corrected chi connectivity index (χ1v) is 9.92. The molecular formula is C22H25N3O2S. The summed E-state index contributed by atoms with van der Waals surface area (Å²) >= 11 is 5.26. The number of benzene rings is 2. The molecule has 1 aliphatic rings. The van der Waals surface area contributed by atoms with Gasteiger partial charge in [-0.25, -0.2) is 0 Å². The molecule has 2 aromatic rings. The lowest BCUT2D eigenvalue weighted by Crippen LogP contribution is -2.38. The third-order valence-electron chi connectivity index (χ3n) is 5.05. The summed E-state index contributed by atoms with van der Waals surface area (Å²) in [5.41, 5.74) is 2.75. The lowest BCUT2D eigenvalue weighted by Gasteiger charge is -2.30.